The van der Waals surface area contributed by atoms with Crippen molar-refractivity contribution in [3.05, 3.63) is 29.3 Å². The van der Waals surface area contributed by atoms with Gasteiger partial charge in [0.05, 0.1) is 7.11 Å². The number of thiol groups is 1. The molecule has 0 saturated carbocycles. The quantitative estimate of drug-likeness (QED) is 0.663. The van der Waals surface area contributed by atoms with Crippen molar-refractivity contribution in [2.45, 2.75) is 24.5 Å². The van der Waals surface area contributed by atoms with E-state index in [9.17, 15) is 4.79 Å². The van der Waals surface area contributed by atoms with E-state index < -0.39 is 0 Å². The van der Waals surface area contributed by atoms with Crippen LogP contribution in [0.15, 0.2) is 18.2 Å². The van der Waals surface area contributed by atoms with Crippen molar-refractivity contribution in [3.63, 3.8) is 0 Å². The topological polar surface area (TPSA) is 35.5 Å². The maximum absolute atomic E-state index is 11.1. The summed E-state index contributed by atoms with van der Waals surface area (Å²) in [5, 5.41) is 0.278. The molecule has 0 spiro atoms. The number of benzene rings is 1. The molecule has 0 N–H and O–H groups in total. The molecule has 1 unspecified atom stereocenters. The first kappa shape index (κ1) is 12.3. The molecule has 3 nitrogen and oxygen atoms in total. The SMILES string of the molecule is COC(=O)COc1cccc2c1CCCC2S. The van der Waals surface area contributed by atoms with Crippen LogP contribution in [-0.2, 0) is 16.0 Å². The van der Waals surface area contributed by atoms with Crippen LogP contribution in [-0.4, -0.2) is 19.7 Å². The number of ether oxygens (including phenoxy) is 2. The molecule has 0 fully saturated rings. The smallest absolute Gasteiger partial charge is 0.343 e. The van der Waals surface area contributed by atoms with Crippen molar-refractivity contribution in [2.75, 3.05) is 13.7 Å². The summed E-state index contributed by atoms with van der Waals surface area (Å²) in [6, 6.07) is 5.92. The van der Waals surface area contributed by atoms with E-state index in [4.69, 9.17) is 4.74 Å². The molecule has 0 heterocycles. The number of hydrogen-bond donors (Lipinski definition) is 1. The predicted molar refractivity (Wildman–Crippen MR) is 68.6 cm³/mol. The highest BCUT2D eigenvalue weighted by atomic mass is 32.1. The van der Waals surface area contributed by atoms with Crippen LogP contribution in [0.4, 0.5) is 0 Å². The Morgan fingerprint density at radius 1 is 1.53 bits per heavy atom. The lowest BCUT2D eigenvalue weighted by atomic mass is 9.90. The van der Waals surface area contributed by atoms with Crippen LogP contribution in [0.5, 0.6) is 5.75 Å². The number of carbonyl (C=O) groups is 1. The lowest BCUT2D eigenvalue weighted by Gasteiger charge is -2.23. The summed E-state index contributed by atoms with van der Waals surface area (Å²) in [5.74, 6) is 0.424. The molecule has 2 rings (SSSR count). The van der Waals surface area contributed by atoms with E-state index >= 15 is 0 Å². The van der Waals surface area contributed by atoms with Gasteiger partial charge >= 0.3 is 5.97 Å². The molecule has 0 amide bonds. The Balaban J connectivity index is 2.17. The summed E-state index contributed by atoms with van der Waals surface area (Å²) in [7, 11) is 1.36. The van der Waals surface area contributed by atoms with E-state index in [1.165, 1.54) is 18.2 Å². The first-order valence-corrected chi connectivity index (χ1v) is 6.23. The monoisotopic (exact) mass is 252 g/mol. The Labute approximate surface area is 107 Å². The molecule has 0 aliphatic heterocycles. The largest absolute Gasteiger partial charge is 0.482 e. The van der Waals surface area contributed by atoms with Gasteiger partial charge in [-0.25, -0.2) is 4.79 Å². The van der Waals surface area contributed by atoms with Crippen molar-refractivity contribution < 1.29 is 14.3 Å². The maximum Gasteiger partial charge on any atom is 0.343 e. The molecule has 92 valence electrons. The maximum atomic E-state index is 11.1. The van der Waals surface area contributed by atoms with Crippen molar-refractivity contribution in [2.24, 2.45) is 0 Å². The van der Waals surface area contributed by atoms with E-state index in [0.717, 1.165) is 25.0 Å². The summed E-state index contributed by atoms with van der Waals surface area (Å²) in [6.45, 7) is -0.0375. The second-order valence-corrected chi connectivity index (χ2v) is 4.72. The molecule has 0 radical (unpaired) electrons. The molecule has 17 heavy (non-hydrogen) atoms. The minimum Gasteiger partial charge on any atom is -0.482 e. The number of fused-ring (bicyclic) bond motifs is 1. The number of esters is 1. The Hall–Kier alpha value is -1.16. The van der Waals surface area contributed by atoms with E-state index in [1.54, 1.807) is 0 Å². The summed E-state index contributed by atoms with van der Waals surface area (Å²) >= 11 is 4.57. The minimum absolute atomic E-state index is 0.0375. The van der Waals surface area contributed by atoms with E-state index in [1.807, 2.05) is 12.1 Å². The van der Waals surface area contributed by atoms with Crippen LogP contribution in [0, 0.1) is 0 Å². The summed E-state index contributed by atoms with van der Waals surface area (Å²) in [6.07, 6.45) is 3.19. The van der Waals surface area contributed by atoms with E-state index in [2.05, 4.69) is 23.4 Å². The van der Waals surface area contributed by atoms with Gasteiger partial charge in [-0.15, -0.1) is 0 Å². The molecule has 1 aliphatic carbocycles. The van der Waals surface area contributed by atoms with Crippen molar-refractivity contribution in [1.29, 1.82) is 0 Å². The van der Waals surface area contributed by atoms with Crippen molar-refractivity contribution in [3.8, 4) is 5.75 Å². The lowest BCUT2D eigenvalue weighted by Crippen LogP contribution is -2.15. The molecule has 0 aromatic heterocycles. The molecule has 0 saturated heterocycles. The van der Waals surface area contributed by atoms with Gasteiger partial charge < -0.3 is 9.47 Å². The highest BCUT2D eigenvalue weighted by Gasteiger charge is 2.20. The van der Waals surface area contributed by atoms with Gasteiger partial charge in [0.15, 0.2) is 6.61 Å². The second kappa shape index (κ2) is 5.45. The lowest BCUT2D eigenvalue weighted by molar-refractivity contribution is -0.142. The van der Waals surface area contributed by atoms with Gasteiger partial charge in [-0.05, 0) is 36.5 Å². The Bertz CT molecular complexity index is 417. The molecular formula is C13H16O3S. The van der Waals surface area contributed by atoms with Crippen molar-refractivity contribution in [1.82, 2.24) is 0 Å². The molecular weight excluding hydrogens is 236 g/mol. The fourth-order valence-electron chi connectivity index (χ4n) is 2.12. The van der Waals surface area contributed by atoms with Gasteiger partial charge in [0.25, 0.3) is 0 Å². The van der Waals surface area contributed by atoms with Crippen LogP contribution in [0.3, 0.4) is 0 Å². The van der Waals surface area contributed by atoms with Gasteiger partial charge in [-0.3, -0.25) is 0 Å². The summed E-state index contributed by atoms with van der Waals surface area (Å²) < 4.78 is 10.1. The summed E-state index contributed by atoms with van der Waals surface area (Å²) in [5.41, 5.74) is 2.41. The third-order valence-electron chi connectivity index (χ3n) is 3.01. The molecule has 0 bridgehead atoms. The van der Waals surface area contributed by atoms with E-state index in [-0.39, 0.29) is 17.8 Å². The normalized spacial score (nSPS) is 18.4. The molecule has 1 aliphatic rings. The Morgan fingerprint density at radius 3 is 3.12 bits per heavy atom. The number of hydrogen-bond acceptors (Lipinski definition) is 4. The zero-order valence-corrected chi connectivity index (χ0v) is 10.7. The first-order valence-electron chi connectivity index (χ1n) is 5.72. The third kappa shape index (κ3) is 2.75. The van der Waals surface area contributed by atoms with Crippen LogP contribution in [0.2, 0.25) is 0 Å². The van der Waals surface area contributed by atoms with E-state index in [0.29, 0.717) is 0 Å². The molecule has 1 atom stereocenters. The summed E-state index contributed by atoms with van der Waals surface area (Å²) in [4.78, 5) is 11.1. The molecule has 1 aromatic carbocycles. The predicted octanol–water partition coefficient (Wildman–Crippen LogP) is 2.55. The fraction of sp³-hybridized carbons (Fsp3) is 0.462. The molecule has 4 heteroatoms. The van der Waals surface area contributed by atoms with Crippen LogP contribution in [0.25, 0.3) is 0 Å². The zero-order chi connectivity index (χ0) is 12.3. The Kier molecular flexibility index (Phi) is 3.94. The van der Waals surface area contributed by atoms with Crippen molar-refractivity contribution >= 4 is 18.6 Å². The van der Waals surface area contributed by atoms with Gasteiger partial charge in [0, 0.05) is 5.25 Å². The fourth-order valence-corrected chi connectivity index (χ4v) is 2.55. The number of methoxy groups -OCH3 is 1. The van der Waals surface area contributed by atoms with Crippen LogP contribution < -0.4 is 4.74 Å². The highest BCUT2D eigenvalue weighted by molar-refractivity contribution is 7.80. The van der Waals surface area contributed by atoms with Crippen LogP contribution >= 0.6 is 12.6 Å². The number of carbonyl (C=O) groups excluding carboxylic acids is 1. The standard InChI is InChI=1S/C13H16O3S/c1-15-13(14)8-16-11-6-2-5-10-9(11)4-3-7-12(10)17/h2,5-6,12,17H,3-4,7-8H2,1H3. The number of rotatable bonds is 3. The van der Waals surface area contributed by atoms with Gasteiger partial charge in [-0.2, -0.15) is 12.6 Å². The second-order valence-electron chi connectivity index (χ2n) is 4.10. The van der Waals surface area contributed by atoms with Crippen LogP contribution in [0.1, 0.15) is 29.2 Å². The Morgan fingerprint density at radius 2 is 2.35 bits per heavy atom. The zero-order valence-electron chi connectivity index (χ0n) is 9.81. The minimum atomic E-state index is -0.360. The first-order chi connectivity index (χ1) is 8.22. The third-order valence-corrected chi connectivity index (χ3v) is 3.54. The molecule has 1 aromatic rings. The average Bonchev–Trinajstić information content (AvgIpc) is 2.36. The van der Waals surface area contributed by atoms with Gasteiger partial charge in [-0.1, -0.05) is 12.1 Å². The average molecular weight is 252 g/mol. The van der Waals surface area contributed by atoms with Gasteiger partial charge in [0.2, 0.25) is 0 Å². The highest BCUT2D eigenvalue weighted by Crippen LogP contribution is 2.38. The van der Waals surface area contributed by atoms with Gasteiger partial charge in [0.1, 0.15) is 5.75 Å².